The van der Waals surface area contributed by atoms with Crippen LogP contribution >= 0.6 is 34.8 Å². The standard InChI is InChI=1S/C10H9Cl3Se2/c11-6-4-7(12)10(8(13)5-6)9-2-1-3-14-15-9/h4-5,9H,1-3H2. The molecular formula is C10H9Cl3Se2. The Bertz CT molecular complexity index is 339. The zero-order valence-corrected chi connectivity index (χ0v) is 13.5. The van der Waals surface area contributed by atoms with Gasteiger partial charge in [-0.05, 0) is 0 Å². The van der Waals surface area contributed by atoms with E-state index in [1.165, 1.54) is 18.2 Å². The minimum absolute atomic E-state index is 0.614. The van der Waals surface area contributed by atoms with E-state index in [1.807, 2.05) is 12.1 Å². The van der Waals surface area contributed by atoms with Crippen LogP contribution in [0.15, 0.2) is 12.1 Å². The summed E-state index contributed by atoms with van der Waals surface area (Å²) < 4.78 is 0. The van der Waals surface area contributed by atoms with E-state index in [9.17, 15) is 0 Å². The molecule has 0 amide bonds. The first-order chi connectivity index (χ1) is 7.18. The van der Waals surface area contributed by atoms with Crippen LogP contribution in [0.2, 0.25) is 20.4 Å². The quantitative estimate of drug-likeness (QED) is 0.627. The Morgan fingerprint density at radius 1 is 1.13 bits per heavy atom. The fourth-order valence-electron chi connectivity index (χ4n) is 1.56. The number of halogens is 3. The molecule has 0 N–H and O–H groups in total. The van der Waals surface area contributed by atoms with Crippen LogP contribution in [0.5, 0.6) is 0 Å². The molecule has 15 heavy (non-hydrogen) atoms. The molecule has 0 radical (unpaired) electrons. The van der Waals surface area contributed by atoms with E-state index in [0.29, 0.717) is 23.0 Å². The summed E-state index contributed by atoms with van der Waals surface area (Å²) in [5, 5.41) is 3.54. The van der Waals surface area contributed by atoms with Crippen LogP contribution in [0.3, 0.4) is 0 Å². The summed E-state index contributed by atoms with van der Waals surface area (Å²) in [6.45, 7) is 0. The first-order valence-electron chi connectivity index (χ1n) is 4.61. The third-order valence-electron chi connectivity index (χ3n) is 2.24. The van der Waals surface area contributed by atoms with E-state index in [-0.39, 0.29) is 0 Å². The average Bonchev–Trinajstić information content (AvgIpc) is 2.17. The molecule has 1 heterocycles. The van der Waals surface area contributed by atoms with Crippen molar-refractivity contribution < 1.29 is 0 Å². The van der Waals surface area contributed by atoms with Gasteiger partial charge in [0.25, 0.3) is 0 Å². The van der Waals surface area contributed by atoms with Crippen LogP contribution in [0.4, 0.5) is 0 Å². The normalized spacial score (nSPS) is 21.7. The topological polar surface area (TPSA) is 0 Å². The van der Waals surface area contributed by atoms with Crippen molar-refractivity contribution >= 4 is 61.1 Å². The molecule has 2 rings (SSSR count). The van der Waals surface area contributed by atoms with Crippen LogP contribution in [-0.4, -0.2) is 26.3 Å². The zero-order chi connectivity index (χ0) is 10.8. The van der Waals surface area contributed by atoms with Gasteiger partial charge in [-0.2, -0.15) is 0 Å². The first-order valence-corrected chi connectivity index (χ1v) is 12.3. The molecule has 0 aliphatic carbocycles. The van der Waals surface area contributed by atoms with Crippen molar-refractivity contribution in [3.05, 3.63) is 32.8 Å². The van der Waals surface area contributed by atoms with E-state index >= 15 is 0 Å². The fourth-order valence-corrected chi connectivity index (χ4v) is 11.6. The molecule has 82 valence electrons. The minimum atomic E-state index is 0.614. The third-order valence-corrected chi connectivity index (χ3v) is 11.6. The van der Waals surface area contributed by atoms with Gasteiger partial charge in [0.2, 0.25) is 0 Å². The molecule has 0 aromatic heterocycles. The molecule has 0 spiro atoms. The molecule has 1 aliphatic rings. The van der Waals surface area contributed by atoms with Crippen molar-refractivity contribution in [3.8, 4) is 0 Å². The molecule has 1 aromatic rings. The van der Waals surface area contributed by atoms with Gasteiger partial charge < -0.3 is 0 Å². The molecule has 1 fully saturated rings. The van der Waals surface area contributed by atoms with Gasteiger partial charge in [-0.15, -0.1) is 0 Å². The van der Waals surface area contributed by atoms with Gasteiger partial charge in [-0.25, -0.2) is 0 Å². The van der Waals surface area contributed by atoms with Crippen molar-refractivity contribution in [3.63, 3.8) is 0 Å². The Morgan fingerprint density at radius 2 is 1.80 bits per heavy atom. The van der Waals surface area contributed by atoms with Crippen LogP contribution in [0.25, 0.3) is 0 Å². The SMILES string of the molecule is Clc1cc(Cl)c(C2CCC[Se][Se]2)c(Cl)c1. The molecular weight excluding hydrogens is 384 g/mol. The second-order valence-electron chi connectivity index (χ2n) is 3.33. The summed E-state index contributed by atoms with van der Waals surface area (Å²) in [4.78, 5) is 0.614. The summed E-state index contributed by atoms with van der Waals surface area (Å²) in [6, 6.07) is 3.62. The van der Waals surface area contributed by atoms with E-state index in [0.717, 1.165) is 28.7 Å². The van der Waals surface area contributed by atoms with Crippen molar-refractivity contribution in [2.24, 2.45) is 0 Å². The maximum absolute atomic E-state index is 6.22. The number of benzene rings is 1. The Kier molecular flexibility index (Phi) is 4.74. The first kappa shape index (κ1) is 12.6. The summed E-state index contributed by atoms with van der Waals surface area (Å²) in [6.07, 6.45) is 2.56. The van der Waals surface area contributed by atoms with Crippen molar-refractivity contribution in [1.82, 2.24) is 0 Å². The van der Waals surface area contributed by atoms with Crippen LogP contribution in [0.1, 0.15) is 23.2 Å². The van der Waals surface area contributed by atoms with Crippen molar-refractivity contribution in [1.29, 1.82) is 0 Å². The van der Waals surface area contributed by atoms with E-state index in [1.54, 1.807) is 0 Å². The van der Waals surface area contributed by atoms with Crippen LogP contribution < -0.4 is 0 Å². The molecule has 5 heteroatoms. The number of rotatable bonds is 1. The number of hydrogen-bond donors (Lipinski definition) is 0. The predicted octanol–water partition coefficient (Wildman–Crippen LogP) is 4.22. The van der Waals surface area contributed by atoms with Gasteiger partial charge in [0.15, 0.2) is 0 Å². The Hall–Kier alpha value is 1.13. The molecule has 0 bridgehead atoms. The van der Waals surface area contributed by atoms with Gasteiger partial charge in [0, 0.05) is 0 Å². The van der Waals surface area contributed by atoms with Gasteiger partial charge in [0.1, 0.15) is 0 Å². The monoisotopic (exact) mass is 394 g/mol. The van der Waals surface area contributed by atoms with E-state index in [4.69, 9.17) is 34.8 Å². The molecule has 1 aliphatic heterocycles. The van der Waals surface area contributed by atoms with Crippen molar-refractivity contribution in [2.45, 2.75) is 23.0 Å². The average molecular weight is 393 g/mol. The molecule has 1 atom stereocenters. The fraction of sp³-hybridized carbons (Fsp3) is 0.400. The molecule has 1 unspecified atom stereocenters. The summed E-state index contributed by atoms with van der Waals surface area (Å²) in [5.74, 6) is 0. The summed E-state index contributed by atoms with van der Waals surface area (Å²) in [7, 11) is 0. The maximum atomic E-state index is 6.22. The van der Waals surface area contributed by atoms with Crippen LogP contribution in [0, 0.1) is 0 Å². The molecule has 1 saturated heterocycles. The summed E-state index contributed by atoms with van der Waals surface area (Å²) >= 11 is 19.9. The Balaban J connectivity index is 2.33. The Morgan fingerprint density at radius 3 is 2.33 bits per heavy atom. The van der Waals surface area contributed by atoms with Crippen LogP contribution in [-0.2, 0) is 0 Å². The van der Waals surface area contributed by atoms with Gasteiger partial charge >= 0.3 is 117 Å². The van der Waals surface area contributed by atoms with Gasteiger partial charge in [0.05, 0.1) is 0 Å². The predicted molar refractivity (Wildman–Crippen MR) is 69.8 cm³/mol. The second-order valence-corrected chi connectivity index (χ2v) is 12.2. The van der Waals surface area contributed by atoms with Gasteiger partial charge in [-0.1, -0.05) is 0 Å². The Labute approximate surface area is 116 Å². The number of hydrogen-bond acceptors (Lipinski definition) is 0. The molecule has 0 nitrogen and oxygen atoms in total. The van der Waals surface area contributed by atoms with E-state index in [2.05, 4.69) is 0 Å². The summed E-state index contributed by atoms with van der Waals surface area (Å²) in [5.41, 5.74) is 1.14. The zero-order valence-electron chi connectivity index (χ0n) is 7.80. The molecule has 1 aromatic carbocycles. The third kappa shape index (κ3) is 3.07. The second kappa shape index (κ2) is 5.65. The van der Waals surface area contributed by atoms with Crippen molar-refractivity contribution in [2.75, 3.05) is 0 Å². The van der Waals surface area contributed by atoms with Gasteiger partial charge in [-0.3, -0.25) is 0 Å². The molecule has 0 saturated carbocycles. The van der Waals surface area contributed by atoms with E-state index < -0.39 is 0 Å².